The third-order valence-corrected chi connectivity index (χ3v) is 9.19. The third kappa shape index (κ3) is 3.72. The molecule has 1 aliphatic carbocycles. The number of hydrogen-bond donors (Lipinski definition) is 1. The fourth-order valence-electron chi connectivity index (χ4n) is 7.11. The number of anilines is 1. The van der Waals surface area contributed by atoms with Crippen LogP contribution in [0.1, 0.15) is 61.9 Å². The average molecular weight is 518 g/mol. The van der Waals surface area contributed by atoms with Gasteiger partial charge in [0.15, 0.2) is 0 Å². The van der Waals surface area contributed by atoms with Crippen molar-refractivity contribution < 1.29 is 9.90 Å². The number of fused-ring (bicyclic) bond motifs is 2. The normalized spacial score (nSPS) is 23.8. The van der Waals surface area contributed by atoms with Gasteiger partial charge in [0.1, 0.15) is 23.2 Å². The molecule has 3 fully saturated rings. The summed E-state index contributed by atoms with van der Waals surface area (Å²) in [6.45, 7) is 12.0. The van der Waals surface area contributed by atoms with Crippen molar-refractivity contribution in [2.45, 2.75) is 51.1 Å². The molecule has 0 saturated carbocycles. The van der Waals surface area contributed by atoms with Gasteiger partial charge in [-0.25, -0.2) is 4.98 Å². The number of nitriles is 1. The molecule has 7 nitrogen and oxygen atoms in total. The first-order valence-electron chi connectivity index (χ1n) is 13.1. The molecule has 0 unspecified atom stereocenters. The van der Waals surface area contributed by atoms with Crippen LogP contribution in [0.3, 0.4) is 0 Å². The topological polar surface area (TPSA) is 83.7 Å². The van der Waals surface area contributed by atoms with Crippen LogP contribution in [0.5, 0.6) is 5.75 Å². The van der Waals surface area contributed by atoms with Crippen molar-refractivity contribution in [3.63, 3.8) is 0 Å². The minimum atomic E-state index is -0.0284. The maximum Gasteiger partial charge on any atom is 0.245 e. The van der Waals surface area contributed by atoms with E-state index < -0.39 is 0 Å². The van der Waals surface area contributed by atoms with Crippen LogP contribution < -0.4 is 4.90 Å². The number of hydrogen-bond acceptors (Lipinski definition) is 6. The highest BCUT2D eigenvalue weighted by Crippen LogP contribution is 2.54. The predicted molar refractivity (Wildman–Crippen MR) is 144 cm³/mol. The number of amides is 1. The standard InChI is InChI=1S/C29H32ClN5O2/c1-4-24(37)34-15-29(16-34)9-10-33(14-29)28-21(12-31)26(20-11-19(36)6-7-22(20)30)25-18-5-8-23(27(25)32-28)35(13-18)17(2)3/h4,6-7,11,17-18,23,36H,1,5,8-10,13-16H2,2-3H3/t18-,23+/m0/s1. The highest BCUT2D eigenvalue weighted by atomic mass is 35.5. The van der Waals surface area contributed by atoms with Crippen molar-refractivity contribution in [3.8, 4) is 22.9 Å². The van der Waals surface area contributed by atoms with E-state index in [4.69, 9.17) is 16.6 Å². The lowest BCUT2D eigenvalue weighted by Crippen LogP contribution is -2.59. The summed E-state index contributed by atoms with van der Waals surface area (Å²) >= 11 is 6.72. The second-order valence-electron chi connectivity index (χ2n) is 11.4. The zero-order valence-corrected chi connectivity index (χ0v) is 22.1. The van der Waals surface area contributed by atoms with Gasteiger partial charge in [0.25, 0.3) is 0 Å². The van der Waals surface area contributed by atoms with Crippen molar-refractivity contribution in [1.82, 2.24) is 14.8 Å². The van der Waals surface area contributed by atoms with Crippen molar-refractivity contribution in [3.05, 3.63) is 52.7 Å². The zero-order valence-electron chi connectivity index (χ0n) is 21.4. The second-order valence-corrected chi connectivity index (χ2v) is 11.8. The van der Waals surface area contributed by atoms with E-state index in [0.717, 1.165) is 55.7 Å². The van der Waals surface area contributed by atoms with E-state index in [1.165, 1.54) is 6.08 Å². The Morgan fingerprint density at radius 1 is 1.32 bits per heavy atom. The van der Waals surface area contributed by atoms with Crippen LogP contribution in [0.25, 0.3) is 11.1 Å². The molecular formula is C29H32ClN5O2. The molecule has 0 radical (unpaired) electrons. The van der Waals surface area contributed by atoms with Crippen LogP contribution in [-0.2, 0) is 4.79 Å². The summed E-state index contributed by atoms with van der Waals surface area (Å²) < 4.78 is 0. The number of piperidine rings is 1. The van der Waals surface area contributed by atoms with Crippen molar-refractivity contribution in [2.75, 3.05) is 37.6 Å². The molecule has 8 heteroatoms. The van der Waals surface area contributed by atoms with E-state index in [-0.39, 0.29) is 29.0 Å². The van der Waals surface area contributed by atoms with E-state index in [0.29, 0.717) is 41.1 Å². The predicted octanol–water partition coefficient (Wildman–Crippen LogP) is 4.85. The van der Waals surface area contributed by atoms with E-state index in [1.807, 2.05) is 4.90 Å². The number of halogens is 1. The zero-order chi connectivity index (χ0) is 26.1. The molecule has 4 aliphatic heterocycles. The Morgan fingerprint density at radius 2 is 2.11 bits per heavy atom. The van der Waals surface area contributed by atoms with Gasteiger partial charge in [-0.1, -0.05) is 18.2 Å². The first-order chi connectivity index (χ1) is 17.7. The lowest BCUT2D eigenvalue weighted by Gasteiger charge is -2.49. The second kappa shape index (κ2) is 8.75. The van der Waals surface area contributed by atoms with Crippen LogP contribution >= 0.6 is 11.6 Å². The number of rotatable bonds is 4. The number of aromatic nitrogens is 1. The minimum absolute atomic E-state index is 0.0226. The van der Waals surface area contributed by atoms with Crippen molar-refractivity contribution >= 4 is 23.3 Å². The van der Waals surface area contributed by atoms with Gasteiger partial charge in [0.05, 0.1) is 11.7 Å². The molecule has 1 aromatic carbocycles. The maximum atomic E-state index is 12.1. The molecule has 192 valence electrons. The molecule has 1 N–H and O–H groups in total. The van der Waals surface area contributed by atoms with Gasteiger partial charge >= 0.3 is 0 Å². The lowest BCUT2D eigenvalue weighted by atomic mass is 9.73. The molecule has 5 heterocycles. The summed E-state index contributed by atoms with van der Waals surface area (Å²) in [5, 5.41) is 21.4. The van der Waals surface area contributed by atoms with Crippen LogP contribution in [0, 0.1) is 16.7 Å². The molecule has 7 rings (SSSR count). The van der Waals surface area contributed by atoms with Gasteiger partial charge in [-0.15, -0.1) is 0 Å². The van der Waals surface area contributed by atoms with Crippen molar-refractivity contribution in [1.29, 1.82) is 5.26 Å². The summed E-state index contributed by atoms with van der Waals surface area (Å²) in [5.41, 5.74) is 4.26. The highest BCUT2D eigenvalue weighted by Gasteiger charge is 2.50. The Labute approximate surface area is 222 Å². The number of pyridine rings is 1. The molecule has 37 heavy (non-hydrogen) atoms. The first-order valence-corrected chi connectivity index (χ1v) is 13.5. The molecule has 1 spiro atoms. The Balaban J connectivity index is 1.49. The number of carbonyl (C=O) groups is 1. The molecule has 5 aliphatic rings. The number of aromatic hydroxyl groups is 1. The lowest BCUT2D eigenvalue weighted by molar-refractivity contribution is -0.136. The van der Waals surface area contributed by atoms with E-state index in [2.05, 4.69) is 36.3 Å². The molecule has 3 saturated heterocycles. The summed E-state index contributed by atoms with van der Waals surface area (Å²) in [6, 6.07) is 8.05. The van der Waals surface area contributed by atoms with Crippen molar-refractivity contribution in [2.24, 2.45) is 5.41 Å². The summed E-state index contributed by atoms with van der Waals surface area (Å²) in [6.07, 6.45) is 4.42. The monoisotopic (exact) mass is 517 g/mol. The van der Waals surface area contributed by atoms with Crippen LogP contribution in [-0.4, -0.2) is 64.6 Å². The minimum Gasteiger partial charge on any atom is -0.508 e. The number of nitrogens with zero attached hydrogens (tertiary/aromatic N) is 5. The molecule has 2 aromatic rings. The number of phenolic OH excluding ortho intramolecular Hbond substituents is 1. The molecule has 1 aromatic heterocycles. The molecule has 2 bridgehead atoms. The van der Waals surface area contributed by atoms with Gasteiger partial charge in [0, 0.05) is 60.3 Å². The quantitative estimate of drug-likeness (QED) is 0.584. The average Bonchev–Trinajstić information content (AvgIpc) is 3.33. The van der Waals surface area contributed by atoms with Gasteiger partial charge in [-0.3, -0.25) is 9.69 Å². The van der Waals surface area contributed by atoms with Crippen LogP contribution in [0.4, 0.5) is 5.82 Å². The largest absolute Gasteiger partial charge is 0.508 e. The smallest absolute Gasteiger partial charge is 0.245 e. The van der Waals surface area contributed by atoms with Crippen LogP contribution in [0.2, 0.25) is 5.02 Å². The Hall–Kier alpha value is -3.08. The van der Waals surface area contributed by atoms with Gasteiger partial charge in [0.2, 0.25) is 5.91 Å². The number of phenols is 1. The third-order valence-electron chi connectivity index (χ3n) is 8.86. The summed E-state index contributed by atoms with van der Waals surface area (Å²) in [7, 11) is 0. The molecule has 2 atom stereocenters. The highest BCUT2D eigenvalue weighted by molar-refractivity contribution is 6.33. The molecule has 1 amide bonds. The SMILES string of the molecule is C=CC(=O)N1CC2(CCN(c3nc4c(c(-c5cc(O)ccc5Cl)c3C#N)[C@H]3CC[C@H]4N(C(C)C)C3)C2)C1. The van der Waals surface area contributed by atoms with Gasteiger partial charge in [-0.2, -0.15) is 5.26 Å². The van der Waals surface area contributed by atoms with E-state index in [1.54, 1.807) is 18.2 Å². The van der Waals surface area contributed by atoms with Gasteiger partial charge in [-0.05, 0) is 68.9 Å². The van der Waals surface area contributed by atoms with E-state index in [9.17, 15) is 15.2 Å². The van der Waals surface area contributed by atoms with Crippen LogP contribution in [0.15, 0.2) is 30.9 Å². The summed E-state index contributed by atoms with van der Waals surface area (Å²) in [4.78, 5) is 23.9. The van der Waals surface area contributed by atoms with E-state index >= 15 is 0 Å². The Morgan fingerprint density at radius 3 is 2.81 bits per heavy atom. The maximum absolute atomic E-state index is 12.1. The van der Waals surface area contributed by atoms with Gasteiger partial charge < -0.3 is 14.9 Å². The fraction of sp³-hybridized carbons (Fsp3) is 0.483. The Kier molecular flexibility index (Phi) is 5.74. The summed E-state index contributed by atoms with van der Waals surface area (Å²) in [5.74, 6) is 1.07. The Bertz CT molecular complexity index is 1340. The number of likely N-dealkylation sites (tertiary alicyclic amines) is 1. The molecular weight excluding hydrogens is 486 g/mol. The fourth-order valence-corrected chi connectivity index (χ4v) is 7.32. The first kappa shape index (κ1) is 24.3. The number of carbonyl (C=O) groups excluding carboxylic acids is 1. The number of benzene rings is 1.